The van der Waals surface area contributed by atoms with Crippen molar-refractivity contribution < 1.29 is 9.53 Å². The average molecular weight is 193 g/mol. The van der Waals surface area contributed by atoms with Crippen LogP contribution in [0.1, 0.15) is 11.6 Å². The van der Waals surface area contributed by atoms with Gasteiger partial charge in [-0.3, -0.25) is 4.90 Å². The normalized spacial score (nSPS) is 12.6. The standard InChI is InChI=1S/C11H15NO2/c1-12(2)10(11(13)14-3)9-7-5-4-6-8-9/h4-8,10H,1-3H3/t10-/m1/s1. The fourth-order valence-electron chi connectivity index (χ4n) is 1.39. The molecule has 0 aromatic heterocycles. The monoisotopic (exact) mass is 193 g/mol. The third-order valence-electron chi connectivity index (χ3n) is 2.06. The number of benzene rings is 1. The van der Waals surface area contributed by atoms with E-state index < -0.39 is 0 Å². The number of carbonyl (C=O) groups excluding carboxylic acids is 1. The van der Waals surface area contributed by atoms with E-state index in [0.29, 0.717) is 0 Å². The Bertz CT molecular complexity index is 295. The van der Waals surface area contributed by atoms with Crippen LogP contribution < -0.4 is 0 Å². The highest BCUT2D eigenvalue weighted by Gasteiger charge is 2.22. The zero-order chi connectivity index (χ0) is 10.6. The van der Waals surface area contributed by atoms with Crippen molar-refractivity contribution in [1.82, 2.24) is 4.90 Å². The summed E-state index contributed by atoms with van der Waals surface area (Å²) in [7, 11) is 5.12. The quantitative estimate of drug-likeness (QED) is 0.681. The second kappa shape index (κ2) is 4.77. The van der Waals surface area contributed by atoms with Crippen LogP contribution in [0, 0.1) is 0 Å². The molecule has 1 aromatic rings. The maximum Gasteiger partial charge on any atom is 0.327 e. The number of esters is 1. The molecule has 0 aliphatic rings. The van der Waals surface area contributed by atoms with Crippen LogP contribution in [0.3, 0.4) is 0 Å². The minimum atomic E-state index is -0.318. The first-order valence-electron chi connectivity index (χ1n) is 4.46. The zero-order valence-electron chi connectivity index (χ0n) is 8.73. The molecule has 0 bridgehead atoms. The van der Waals surface area contributed by atoms with Gasteiger partial charge in [0.25, 0.3) is 0 Å². The molecular formula is C11H15NO2. The van der Waals surface area contributed by atoms with E-state index in [1.54, 1.807) is 0 Å². The first-order valence-corrected chi connectivity index (χ1v) is 4.46. The van der Waals surface area contributed by atoms with Crippen LogP contribution in [0.5, 0.6) is 0 Å². The smallest absolute Gasteiger partial charge is 0.327 e. The summed E-state index contributed by atoms with van der Waals surface area (Å²) in [6, 6.07) is 9.27. The molecule has 0 saturated heterocycles. The van der Waals surface area contributed by atoms with Crippen molar-refractivity contribution in [3.8, 4) is 0 Å². The Morgan fingerprint density at radius 2 is 1.86 bits per heavy atom. The summed E-state index contributed by atoms with van der Waals surface area (Å²) >= 11 is 0. The van der Waals surface area contributed by atoms with Gasteiger partial charge in [0.15, 0.2) is 0 Å². The van der Waals surface area contributed by atoms with Gasteiger partial charge in [0.2, 0.25) is 0 Å². The van der Waals surface area contributed by atoms with Crippen molar-refractivity contribution in [2.24, 2.45) is 0 Å². The summed E-state index contributed by atoms with van der Waals surface area (Å²) in [5.41, 5.74) is 0.948. The molecule has 0 heterocycles. The Balaban J connectivity index is 2.95. The third kappa shape index (κ3) is 2.33. The highest BCUT2D eigenvalue weighted by atomic mass is 16.5. The van der Waals surface area contributed by atoms with Gasteiger partial charge in [0.05, 0.1) is 7.11 Å². The summed E-state index contributed by atoms with van der Waals surface area (Å²) in [5, 5.41) is 0. The largest absolute Gasteiger partial charge is 0.468 e. The molecule has 1 atom stereocenters. The Hall–Kier alpha value is -1.35. The van der Waals surface area contributed by atoms with Crippen molar-refractivity contribution in [3.63, 3.8) is 0 Å². The summed E-state index contributed by atoms with van der Waals surface area (Å²) in [4.78, 5) is 13.3. The van der Waals surface area contributed by atoms with Crippen LogP contribution in [-0.4, -0.2) is 32.1 Å². The molecular weight excluding hydrogens is 178 g/mol. The minimum absolute atomic E-state index is 0.235. The minimum Gasteiger partial charge on any atom is -0.468 e. The lowest BCUT2D eigenvalue weighted by atomic mass is 10.1. The second-order valence-electron chi connectivity index (χ2n) is 3.30. The Morgan fingerprint density at radius 3 is 2.29 bits per heavy atom. The molecule has 1 rings (SSSR count). The molecule has 0 N–H and O–H groups in total. The lowest BCUT2D eigenvalue weighted by molar-refractivity contribution is -0.146. The summed E-state index contributed by atoms with van der Waals surface area (Å²) in [6.45, 7) is 0. The Kier molecular flexibility index (Phi) is 3.65. The summed E-state index contributed by atoms with van der Waals surface area (Å²) < 4.78 is 4.75. The first-order chi connectivity index (χ1) is 6.66. The van der Waals surface area contributed by atoms with Crippen molar-refractivity contribution in [2.75, 3.05) is 21.2 Å². The van der Waals surface area contributed by atoms with E-state index in [4.69, 9.17) is 4.74 Å². The molecule has 3 heteroatoms. The number of hydrogen-bond acceptors (Lipinski definition) is 3. The number of methoxy groups -OCH3 is 1. The molecule has 3 nitrogen and oxygen atoms in total. The Morgan fingerprint density at radius 1 is 1.29 bits per heavy atom. The number of likely N-dealkylation sites (N-methyl/N-ethyl adjacent to an activating group) is 1. The van der Waals surface area contributed by atoms with E-state index in [0.717, 1.165) is 5.56 Å². The number of ether oxygens (including phenoxy) is 1. The molecule has 0 unspecified atom stereocenters. The van der Waals surface area contributed by atoms with Crippen molar-refractivity contribution >= 4 is 5.97 Å². The van der Waals surface area contributed by atoms with E-state index in [2.05, 4.69) is 0 Å². The molecule has 0 fully saturated rings. The highest BCUT2D eigenvalue weighted by molar-refractivity contribution is 5.77. The number of nitrogens with zero attached hydrogens (tertiary/aromatic N) is 1. The van der Waals surface area contributed by atoms with Crippen LogP contribution >= 0.6 is 0 Å². The number of carbonyl (C=O) groups is 1. The van der Waals surface area contributed by atoms with Gasteiger partial charge in [-0.1, -0.05) is 30.3 Å². The van der Waals surface area contributed by atoms with Gasteiger partial charge < -0.3 is 4.74 Å². The molecule has 0 aliphatic heterocycles. The van der Waals surface area contributed by atoms with Crippen LogP contribution in [0.4, 0.5) is 0 Å². The third-order valence-corrected chi connectivity index (χ3v) is 2.06. The first kappa shape index (κ1) is 10.7. The van der Waals surface area contributed by atoms with Crippen molar-refractivity contribution in [2.45, 2.75) is 6.04 Å². The van der Waals surface area contributed by atoms with Gasteiger partial charge in [-0.05, 0) is 19.7 Å². The highest BCUT2D eigenvalue weighted by Crippen LogP contribution is 2.18. The van der Waals surface area contributed by atoms with Crippen molar-refractivity contribution in [1.29, 1.82) is 0 Å². The number of hydrogen-bond donors (Lipinski definition) is 0. The van der Waals surface area contributed by atoms with E-state index >= 15 is 0 Å². The predicted molar refractivity (Wildman–Crippen MR) is 54.9 cm³/mol. The molecule has 0 radical (unpaired) electrons. The van der Waals surface area contributed by atoms with Crippen LogP contribution in [0.15, 0.2) is 30.3 Å². The summed E-state index contributed by atoms with van der Waals surface area (Å²) in [5.74, 6) is -0.235. The van der Waals surface area contributed by atoms with Gasteiger partial charge in [-0.15, -0.1) is 0 Å². The molecule has 0 amide bonds. The van der Waals surface area contributed by atoms with Gasteiger partial charge >= 0.3 is 5.97 Å². The number of rotatable bonds is 3. The van der Waals surface area contributed by atoms with Gasteiger partial charge in [-0.2, -0.15) is 0 Å². The van der Waals surface area contributed by atoms with Crippen molar-refractivity contribution in [3.05, 3.63) is 35.9 Å². The fraction of sp³-hybridized carbons (Fsp3) is 0.364. The van der Waals surface area contributed by atoms with E-state index in [1.165, 1.54) is 7.11 Å². The molecule has 0 spiro atoms. The maximum atomic E-state index is 11.5. The van der Waals surface area contributed by atoms with E-state index in [1.807, 2.05) is 49.3 Å². The fourth-order valence-corrected chi connectivity index (χ4v) is 1.39. The predicted octanol–water partition coefficient (Wildman–Crippen LogP) is 1.46. The molecule has 0 saturated carbocycles. The Labute approximate surface area is 84.3 Å². The van der Waals surface area contributed by atoms with Crippen LogP contribution in [0.25, 0.3) is 0 Å². The van der Waals surface area contributed by atoms with Gasteiger partial charge in [0, 0.05) is 0 Å². The van der Waals surface area contributed by atoms with Gasteiger partial charge in [0.1, 0.15) is 6.04 Å². The molecule has 0 aliphatic carbocycles. The van der Waals surface area contributed by atoms with E-state index in [-0.39, 0.29) is 12.0 Å². The molecule has 76 valence electrons. The zero-order valence-corrected chi connectivity index (χ0v) is 8.73. The molecule has 14 heavy (non-hydrogen) atoms. The van der Waals surface area contributed by atoms with Crippen LogP contribution in [-0.2, 0) is 9.53 Å². The lowest BCUT2D eigenvalue weighted by Crippen LogP contribution is -2.28. The SMILES string of the molecule is COC(=O)[C@@H](c1ccccc1)N(C)C. The topological polar surface area (TPSA) is 29.5 Å². The van der Waals surface area contributed by atoms with Crippen LogP contribution in [0.2, 0.25) is 0 Å². The maximum absolute atomic E-state index is 11.5. The second-order valence-corrected chi connectivity index (χ2v) is 3.30. The van der Waals surface area contributed by atoms with E-state index in [9.17, 15) is 4.79 Å². The van der Waals surface area contributed by atoms with Gasteiger partial charge in [-0.25, -0.2) is 4.79 Å². The molecule has 1 aromatic carbocycles. The average Bonchev–Trinajstić information content (AvgIpc) is 2.19. The lowest BCUT2D eigenvalue weighted by Gasteiger charge is -2.21. The summed E-state index contributed by atoms with van der Waals surface area (Å²) in [6.07, 6.45) is 0.